The lowest BCUT2D eigenvalue weighted by atomic mass is 9.80. The van der Waals surface area contributed by atoms with Gasteiger partial charge in [-0.15, -0.1) is 0 Å². The van der Waals surface area contributed by atoms with Crippen molar-refractivity contribution in [3.63, 3.8) is 0 Å². The van der Waals surface area contributed by atoms with E-state index in [1.807, 2.05) is 20.8 Å². The minimum atomic E-state index is -2.69. The quantitative estimate of drug-likeness (QED) is 0.0322. The maximum absolute atomic E-state index is 13.5. The molecule has 0 rings (SSSR count). The van der Waals surface area contributed by atoms with Crippen molar-refractivity contribution in [3.05, 3.63) is 0 Å². The molecule has 0 aromatic carbocycles. The van der Waals surface area contributed by atoms with Crippen molar-refractivity contribution in [1.29, 1.82) is 0 Å². The third-order valence-electron chi connectivity index (χ3n) is 8.56. The van der Waals surface area contributed by atoms with E-state index < -0.39 is 41.6 Å². The van der Waals surface area contributed by atoms with Gasteiger partial charge in [0.15, 0.2) is 17.3 Å². The van der Waals surface area contributed by atoms with E-state index >= 15 is 0 Å². The first-order valence-electron chi connectivity index (χ1n) is 19.0. The number of ketones is 1. The topological polar surface area (TPSA) is 116 Å². The van der Waals surface area contributed by atoms with Gasteiger partial charge in [-0.1, -0.05) is 150 Å². The number of hydrogen-bond donors (Lipinski definition) is 1. The molecular weight excluding hydrogens is 584 g/mol. The molecule has 0 saturated heterocycles. The summed E-state index contributed by atoms with van der Waals surface area (Å²) in [7, 11) is 0. The van der Waals surface area contributed by atoms with Gasteiger partial charge in [-0.3, -0.25) is 14.4 Å². The largest absolute Gasteiger partial charge is 0.466 e. The van der Waals surface area contributed by atoms with Gasteiger partial charge in [-0.05, 0) is 25.7 Å². The second-order valence-electron chi connectivity index (χ2n) is 13.0. The van der Waals surface area contributed by atoms with Gasteiger partial charge in [0.05, 0.1) is 26.2 Å². The minimum absolute atomic E-state index is 0.00157. The van der Waals surface area contributed by atoms with E-state index in [9.17, 15) is 24.3 Å². The van der Waals surface area contributed by atoms with E-state index in [4.69, 9.17) is 14.2 Å². The molecule has 0 amide bonds. The van der Waals surface area contributed by atoms with E-state index in [-0.39, 0.29) is 26.2 Å². The Balaban J connectivity index is 4.87. The highest BCUT2D eigenvalue weighted by atomic mass is 16.6. The summed E-state index contributed by atoms with van der Waals surface area (Å²) in [6, 6.07) is 0. The molecule has 0 saturated carbocycles. The average molecular weight is 655 g/mol. The number of aliphatic hydroxyl groups is 1. The molecule has 0 spiro atoms. The van der Waals surface area contributed by atoms with Crippen molar-refractivity contribution in [3.8, 4) is 0 Å². The van der Waals surface area contributed by atoms with Gasteiger partial charge in [0.2, 0.25) is 0 Å². The van der Waals surface area contributed by atoms with Crippen LogP contribution in [0.2, 0.25) is 0 Å². The standard InChI is InChI=1S/C38H70O8/c1-5-9-13-14-15-16-17-18-19-20-21-22-23-24-25-26-27-28-33(39)35(36(41)45-30-11-7-3)38(43,37(42)46-31-12-8-4)32-34(40)44-29-10-6-2/h35,43H,5-32H2,1-4H3. The van der Waals surface area contributed by atoms with Gasteiger partial charge in [0.1, 0.15) is 0 Å². The Labute approximate surface area is 281 Å². The van der Waals surface area contributed by atoms with Crippen LogP contribution in [0.25, 0.3) is 0 Å². The highest BCUT2D eigenvalue weighted by molar-refractivity contribution is 6.06. The molecule has 0 aliphatic heterocycles. The fraction of sp³-hybridized carbons (Fsp3) is 0.895. The fourth-order valence-electron chi connectivity index (χ4n) is 5.49. The average Bonchev–Trinajstić information content (AvgIpc) is 3.02. The van der Waals surface area contributed by atoms with E-state index in [0.717, 1.165) is 38.5 Å². The summed E-state index contributed by atoms with van der Waals surface area (Å²) in [4.78, 5) is 52.5. The lowest BCUT2D eigenvalue weighted by Crippen LogP contribution is -2.55. The summed E-state index contributed by atoms with van der Waals surface area (Å²) in [6.07, 6.45) is 23.8. The Morgan fingerprint density at radius 3 is 1.30 bits per heavy atom. The van der Waals surface area contributed by atoms with Crippen LogP contribution in [0.15, 0.2) is 0 Å². The molecule has 0 aromatic heterocycles. The van der Waals surface area contributed by atoms with Crippen LogP contribution in [0, 0.1) is 5.92 Å². The van der Waals surface area contributed by atoms with Gasteiger partial charge in [-0.25, -0.2) is 4.79 Å². The monoisotopic (exact) mass is 655 g/mol. The molecule has 0 aromatic rings. The van der Waals surface area contributed by atoms with Crippen molar-refractivity contribution in [2.45, 2.75) is 194 Å². The van der Waals surface area contributed by atoms with Gasteiger partial charge in [0.25, 0.3) is 0 Å². The summed E-state index contributed by atoms with van der Waals surface area (Å²) in [6.45, 7) is 8.23. The lowest BCUT2D eigenvalue weighted by molar-refractivity contribution is -0.188. The SMILES string of the molecule is CCCCCCCCCCCCCCCCCCCC(=O)C(C(=O)OCCCC)C(O)(CC(=O)OCCCC)C(=O)OCCCC. The molecule has 0 fully saturated rings. The Hall–Kier alpha value is -1.96. The first kappa shape index (κ1) is 44.0. The highest BCUT2D eigenvalue weighted by Crippen LogP contribution is 2.29. The Bertz CT molecular complexity index is 783. The van der Waals surface area contributed by atoms with E-state index in [1.165, 1.54) is 83.5 Å². The molecule has 1 N–H and O–H groups in total. The maximum atomic E-state index is 13.5. The number of rotatable bonds is 33. The van der Waals surface area contributed by atoms with Crippen LogP contribution in [0.5, 0.6) is 0 Å². The summed E-state index contributed by atoms with van der Waals surface area (Å²) < 4.78 is 15.8. The van der Waals surface area contributed by atoms with Crippen LogP contribution in [0.3, 0.4) is 0 Å². The number of esters is 3. The van der Waals surface area contributed by atoms with Gasteiger partial charge >= 0.3 is 17.9 Å². The number of hydrogen-bond acceptors (Lipinski definition) is 8. The molecule has 46 heavy (non-hydrogen) atoms. The molecule has 8 nitrogen and oxygen atoms in total. The van der Waals surface area contributed by atoms with Crippen molar-refractivity contribution in [2.75, 3.05) is 19.8 Å². The van der Waals surface area contributed by atoms with Crippen molar-refractivity contribution < 1.29 is 38.5 Å². The van der Waals surface area contributed by atoms with Crippen LogP contribution in [0.1, 0.15) is 188 Å². The first-order chi connectivity index (χ1) is 22.3. The molecule has 8 heteroatoms. The lowest BCUT2D eigenvalue weighted by Gasteiger charge is -2.31. The van der Waals surface area contributed by atoms with E-state index in [1.54, 1.807) is 0 Å². The first-order valence-corrected chi connectivity index (χ1v) is 19.0. The highest BCUT2D eigenvalue weighted by Gasteiger charge is 2.55. The summed E-state index contributed by atoms with van der Waals surface area (Å²) in [5.74, 6) is -5.49. The predicted octanol–water partition coefficient (Wildman–Crippen LogP) is 9.36. The third kappa shape index (κ3) is 21.8. The van der Waals surface area contributed by atoms with Gasteiger partial charge < -0.3 is 19.3 Å². The molecule has 2 unspecified atom stereocenters. The molecule has 0 heterocycles. The van der Waals surface area contributed by atoms with Gasteiger partial charge in [-0.2, -0.15) is 0 Å². The molecule has 0 radical (unpaired) electrons. The number of unbranched alkanes of at least 4 members (excludes halogenated alkanes) is 19. The Morgan fingerprint density at radius 1 is 0.500 bits per heavy atom. The predicted molar refractivity (Wildman–Crippen MR) is 184 cm³/mol. The van der Waals surface area contributed by atoms with Crippen LogP contribution < -0.4 is 0 Å². The van der Waals surface area contributed by atoms with Crippen molar-refractivity contribution in [2.24, 2.45) is 5.92 Å². The van der Waals surface area contributed by atoms with Crippen molar-refractivity contribution >= 4 is 23.7 Å². The zero-order valence-corrected chi connectivity index (χ0v) is 30.2. The second-order valence-corrected chi connectivity index (χ2v) is 13.0. The van der Waals surface area contributed by atoms with Crippen molar-refractivity contribution in [1.82, 2.24) is 0 Å². The summed E-state index contributed by atoms with van der Waals surface area (Å²) in [5.41, 5.74) is -2.69. The normalized spacial score (nSPS) is 13.2. The molecule has 270 valence electrons. The fourth-order valence-corrected chi connectivity index (χ4v) is 5.49. The number of ether oxygens (including phenoxy) is 3. The Morgan fingerprint density at radius 2 is 0.870 bits per heavy atom. The maximum Gasteiger partial charge on any atom is 0.340 e. The molecule has 0 bridgehead atoms. The number of carbonyl (C=O) groups excluding carboxylic acids is 4. The molecule has 2 atom stereocenters. The molecular formula is C38H70O8. The second kappa shape index (κ2) is 30.4. The number of carbonyl (C=O) groups is 4. The van der Waals surface area contributed by atoms with E-state index in [2.05, 4.69) is 6.92 Å². The van der Waals surface area contributed by atoms with Gasteiger partial charge in [0, 0.05) is 6.42 Å². The van der Waals surface area contributed by atoms with E-state index in [0.29, 0.717) is 25.7 Å². The zero-order chi connectivity index (χ0) is 34.3. The molecule has 0 aliphatic rings. The van der Waals surface area contributed by atoms with Crippen LogP contribution in [-0.2, 0) is 33.4 Å². The zero-order valence-electron chi connectivity index (χ0n) is 30.2. The summed E-state index contributed by atoms with van der Waals surface area (Å²) >= 11 is 0. The smallest absolute Gasteiger partial charge is 0.340 e. The third-order valence-corrected chi connectivity index (χ3v) is 8.56. The number of Topliss-reactive ketones (excluding diaryl/α,β-unsaturated/α-hetero) is 1. The Kier molecular flexibility index (Phi) is 29.1. The molecule has 0 aliphatic carbocycles. The van der Waals surface area contributed by atoms with Crippen LogP contribution in [-0.4, -0.2) is 54.2 Å². The van der Waals surface area contributed by atoms with Crippen LogP contribution >= 0.6 is 0 Å². The summed E-state index contributed by atoms with van der Waals surface area (Å²) in [5, 5.41) is 11.6. The van der Waals surface area contributed by atoms with Crippen LogP contribution in [0.4, 0.5) is 0 Å². The minimum Gasteiger partial charge on any atom is -0.466 e.